The maximum Gasteiger partial charge on any atom is 0.306 e. The molecule has 0 aromatic heterocycles. The van der Waals surface area contributed by atoms with Crippen LogP contribution < -0.4 is 5.32 Å². The van der Waals surface area contributed by atoms with Gasteiger partial charge in [-0.1, -0.05) is 18.2 Å². The summed E-state index contributed by atoms with van der Waals surface area (Å²) in [6.07, 6.45) is 1.85. The highest BCUT2D eigenvalue weighted by atomic mass is 16.4. The van der Waals surface area contributed by atoms with E-state index >= 15 is 0 Å². The van der Waals surface area contributed by atoms with E-state index in [0.717, 1.165) is 5.56 Å². The van der Waals surface area contributed by atoms with Gasteiger partial charge >= 0.3 is 5.97 Å². The summed E-state index contributed by atoms with van der Waals surface area (Å²) < 4.78 is 0. The zero-order chi connectivity index (χ0) is 12.0. The van der Waals surface area contributed by atoms with E-state index in [1.54, 1.807) is 6.07 Å². The molecule has 1 saturated carbocycles. The fourth-order valence-electron chi connectivity index (χ4n) is 3.06. The Kier molecular flexibility index (Phi) is 2.02. The van der Waals surface area contributed by atoms with E-state index in [2.05, 4.69) is 5.32 Å². The zero-order valence-corrected chi connectivity index (χ0v) is 9.27. The van der Waals surface area contributed by atoms with Gasteiger partial charge in [-0.05, 0) is 30.9 Å². The molecule has 0 saturated heterocycles. The van der Waals surface area contributed by atoms with E-state index < -0.39 is 11.5 Å². The zero-order valence-electron chi connectivity index (χ0n) is 9.27. The summed E-state index contributed by atoms with van der Waals surface area (Å²) in [6, 6.07) is 7.46. The molecule has 1 aliphatic heterocycles. The van der Waals surface area contributed by atoms with Crippen molar-refractivity contribution in [3.8, 4) is 0 Å². The summed E-state index contributed by atoms with van der Waals surface area (Å²) in [4.78, 5) is 22.9. The van der Waals surface area contributed by atoms with Crippen molar-refractivity contribution >= 4 is 11.9 Å². The van der Waals surface area contributed by atoms with Gasteiger partial charge in [0.15, 0.2) is 0 Å². The molecule has 88 valence electrons. The SMILES string of the molecule is O=C1N[C@]2(CC[C@H](C(=O)O)C2)c2ccccc21. The number of amides is 1. The van der Waals surface area contributed by atoms with Gasteiger partial charge in [-0.25, -0.2) is 0 Å². The fraction of sp³-hybridized carbons (Fsp3) is 0.385. The van der Waals surface area contributed by atoms with Crippen molar-refractivity contribution in [2.75, 3.05) is 0 Å². The molecule has 2 aliphatic rings. The molecule has 4 nitrogen and oxygen atoms in total. The largest absolute Gasteiger partial charge is 0.481 e. The highest BCUT2D eigenvalue weighted by Gasteiger charge is 2.49. The first-order valence-corrected chi connectivity index (χ1v) is 5.77. The van der Waals surface area contributed by atoms with Crippen LogP contribution in [0.3, 0.4) is 0 Å². The minimum Gasteiger partial charge on any atom is -0.481 e. The Hall–Kier alpha value is -1.84. The van der Waals surface area contributed by atoms with Gasteiger partial charge < -0.3 is 10.4 Å². The van der Waals surface area contributed by atoms with E-state index in [1.807, 2.05) is 18.2 Å². The second-order valence-electron chi connectivity index (χ2n) is 4.86. The summed E-state index contributed by atoms with van der Waals surface area (Å²) in [5.41, 5.74) is 1.23. The lowest BCUT2D eigenvalue weighted by atomic mass is 9.88. The Balaban J connectivity index is 2.02. The second kappa shape index (κ2) is 3.32. The first-order chi connectivity index (χ1) is 8.12. The Bertz CT molecular complexity index is 511. The van der Waals surface area contributed by atoms with Crippen LogP contribution in [0.15, 0.2) is 24.3 Å². The Morgan fingerprint density at radius 1 is 1.41 bits per heavy atom. The van der Waals surface area contributed by atoms with Crippen molar-refractivity contribution in [2.45, 2.75) is 24.8 Å². The molecule has 1 fully saturated rings. The number of fused-ring (bicyclic) bond motifs is 2. The Morgan fingerprint density at radius 2 is 2.18 bits per heavy atom. The molecule has 4 heteroatoms. The van der Waals surface area contributed by atoms with Crippen LogP contribution >= 0.6 is 0 Å². The number of nitrogens with one attached hydrogen (secondary N) is 1. The second-order valence-corrected chi connectivity index (χ2v) is 4.86. The molecule has 0 unspecified atom stereocenters. The average molecular weight is 231 g/mol. The van der Waals surface area contributed by atoms with Crippen LogP contribution in [-0.2, 0) is 10.3 Å². The number of carbonyl (C=O) groups is 2. The number of carbonyl (C=O) groups excluding carboxylic acids is 1. The number of benzene rings is 1. The number of hydrogen-bond acceptors (Lipinski definition) is 2. The molecular weight excluding hydrogens is 218 g/mol. The summed E-state index contributed by atoms with van der Waals surface area (Å²) in [6.45, 7) is 0. The topological polar surface area (TPSA) is 66.4 Å². The molecular formula is C13H13NO3. The van der Waals surface area contributed by atoms with Crippen molar-refractivity contribution in [1.82, 2.24) is 5.32 Å². The first kappa shape index (κ1) is 10.3. The molecule has 1 aromatic carbocycles. The maximum atomic E-state index is 11.8. The van der Waals surface area contributed by atoms with Crippen LogP contribution in [0.1, 0.15) is 35.2 Å². The third-order valence-corrected chi connectivity index (χ3v) is 3.90. The van der Waals surface area contributed by atoms with Crippen LogP contribution in [-0.4, -0.2) is 17.0 Å². The highest BCUT2D eigenvalue weighted by molar-refractivity contribution is 6.00. The van der Waals surface area contributed by atoms with Gasteiger partial charge in [0.2, 0.25) is 0 Å². The van der Waals surface area contributed by atoms with Crippen molar-refractivity contribution in [1.29, 1.82) is 0 Å². The minimum atomic E-state index is -0.763. The van der Waals surface area contributed by atoms with Crippen LogP contribution in [0.5, 0.6) is 0 Å². The van der Waals surface area contributed by atoms with Crippen molar-refractivity contribution in [2.24, 2.45) is 5.92 Å². The smallest absolute Gasteiger partial charge is 0.306 e. The Morgan fingerprint density at radius 3 is 2.88 bits per heavy atom. The van der Waals surface area contributed by atoms with Crippen LogP contribution in [0, 0.1) is 5.92 Å². The van der Waals surface area contributed by atoms with Crippen molar-refractivity contribution in [3.63, 3.8) is 0 Å². The maximum absolute atomic E-state index is 11.8. The van der Waals surface area contributed by atoms with E-state index in [9.17, 15) is 9.59 Å². The lowest BCUT2D eigenvalue weighted by Crippen LogP contribution is -2.37. The third-order valence-electron chi connectivity index (χ3n) is 3.90. The first-order valence-electron chi connectivity index (χ1n) is 5.77. The summed E-state index contributed by atoms with van der Waals surface area (Å²) in [5.74, 6) is -1.19. The predicted molar refractivity (Wildman–Crippen MR) is 60.6 cm³/mol. The van der Waals surface area contributed by atoms with Crippen molar-refractivity contribution in [3.05, 3.63) is 35.4 Å². The monoisotopic (exact) mass is 231 g/mol. The average Bonchev–Trinajstić information content (AvgIpc) is 2.85. The molecule has 1 heterocycles. The molecule has 1 aliphatic carbocycles. The van der Waals surface area contributed by atoms with Gasteiger partial charge in [0.05, 0.1) is 11.5 Å². The number of aliphatic carboxylic acids is 1. The van der Waals surface area contributed by atoms with E-state index in [1.165, 1.54) is 0 Å². The summed E-state index contributed by atoms with van der Waals surface area (Å²) in [7, 11) is 0. The lowest BCUT2D eigenvalue weighted by Gasteiger charge is -2.24. The number of hydrogen-bond donors (Lipinski definition) is 2. The highest BCUT2D eigenvalue weighted by Crippen LogP contribution is 2.46. The lowest BCUT2D eigenvalue weighted by molar-refractivity contribution is -0.141. The molecule has 1 aromatic rings. The quantitative estimate of drug-likeness (QED) is 0.769. The molecule has 1 spiro atoms. The molecule has 0 radical (unpaired) electrons. The molecule has 1 amide bonds. The Labute approximate surface area is 98.6 Å². The third kappa shape index (κ3) is 1.37. The summed E-state index contributed by atoms with van der Waals surface area (Å²) in [5, 5.41) is 12.0. The van der Waals surface area contributed by atoms with Gasteiger partial charge in [-0.3, -0.25) is 9.59 Å². The minimum absolute atomic E-state index is 0.0772. The summed E-state index contributed by atoms with van der Waals surface area (Å²) >= 11 is 0. The van der Waals surface area contributed by atoms with Gasteiger partial charge in [-0.2, -0.15) is 0 Å². The van der Waals surface area contributed by atoms with Gasteiger partial charge in [-0.15, -0.1) is 0 Å². The number of carboxylic acids is 1. The van der Waals surface area contributed by atoms with E-state index in [-0.39, 0.29) is 11.8 Å². The standard InChI is InChI=1S/C13H13NO3/c15-11-9-3-1-2-4-10(9)13(14-11)6-5-8(7-13)12(16)17/h1-4,8H,5-7H2,(H,14,15)(H,16,17)/t8-,13-/m0/s1. The van der Waals surface area contributed by atoms with Crippen LogP contribution in [0.25, 0.3) is 0 Å². The van der Waals surface area contributed by atoms with Crippen molar-refractivity contribution < 1.29 is 14.7 Å². The van der Waals surface area contributed by atoms with E-state index in [0.29, 0.717) is 24.8 Å². The van der Waals surface area contributed by atoms with Gasteiger partial charge in [0.1, 0.15) is 0 Å². The number of rotatable bonds is 1. The van der Waals surface area contributed by atoms with Crippen LogP contribution in [0.2, 0.25) is 0 Å². The van der Waals surface area contributed by atoms with Gasteiger partial charge in [0, 0.05) is 5.56 Å². The molecule has 2 N–H and O–H groups in total. The molecule has 0 bridgehead atoms. The van der Waals surface area contributed by atoms with Gasteiger partial charge in [0.25, 0.3) is 5.91 Å². The molecule has 2 atom stereocenters. The normalized spacial score (nSPS) is 30.4. The fourth-order valence-corrected chi connectivity index (χ4v) is 3.06. The number of carboxylic acid groups (broad SMARTS) is 1. The predicted octanol–water partition coefficient (Wildman–Crippen LogP) is 1.51. The van der Waals surface area contributed by atoms with Crippen LogP contribution in [0.4, 0.5) is 0 Å². The molecule has 17 heavy (non-hydrogen) atoms. The molecule has 3 rings (SSSR count). The van der Waals surface area contributed by atoms with E-state index in [4.69, 9.17) is 5.11 Å².